The van der Waals surface area contributed by atoms with Gasteiger partial charge in [0.15, 0.2) is 5.82 Å². The smallest absolute Gasteiger partial charge is 0.254 e. The lowest BCUT2D eigenvalue weighted by molar-refractivity contribution is 0.0892. The summed E-state index contributed by atoms with van der Waals surface area (Å²) in [6, 6.07) is 14.0. The molecule has 7 nitrogen and oxygen atoms in total. The summed E-state index contributed by atoms with van der Waals surface area (Å²) in [5.74, 6) is 0.455. The average Bonchev–Trinajstić information content (AvgIpc) is 3.25. The minimum absolute atomic E-state index is 0.203. The normalized spacial score (nSPS) is 14.9. The van der Waals surface area contributed by atoms with Gasteiger partial charge in [-0.25, -0.2) is 9.67 Å². The van der Waals surface area contributed by atoms with Gasteiger partial charge in [-0.15, -0.1) is 0 Å². The Balaban J connectivity index is 1.22. The van der Waals surface area contributed by atoms with Gasteiger partial charge >= 0.3 is 0 Å². The molecule has 1 unspecified atom stereocenters. The monoisotopic (exact) mass is 391 g/mol. The van der Waals surface area contributed by atoms with E-state index >= 15 is 0 Å². The molecule has 1 amide bonds. The van der Waals surface area contributed by atoms with Gasteiger partial charge in [0.1, 0.15) is 0 Å². The van der Waals surface area contributed by atoms with E-state index in [-0.39, 0.29) is 5.91 Å². The Labute approximate surface area is 170 Å². The van der Waals surface area contributed by atoms with Crippen LogP contribution in [0, 0.1) is 0 Å². The van der Waals surface area contributed by atoms with Gasteiger partial charge in [0.25, 0.3) is 5.91 Å². The van der Waals surface area contributed by atoms with Gasteiger partial charge in [-0.1, -0.05) is 30.3 Å². The number of aromatic nitrogens is 3. The molecule has 3 heterocycles. The Morgan fingerprint density at radius 2 is 2.00 bits per heavy atom. The van der Waals surface area contributed by atoms with Crippen LogP contribution in [0.5, 0.6) is 0 Å². The van der Waals surface area contributed by atoms with Crippen molar-refractivity contribution in [3.8, 4) is 5.82 Å². The van der Waals surface area contributed by atoms with E-state index in [2.05, 4.69) is 44.6 Å². The van der Waals surface area contributed by atoms with E-state index in [1.807, 2.05) is 18.2 Å². The number of hydrogen-bond acceptors (Lipinski definition) is 5. The van der Waals surface area contributed by atoms with Crippen molar-refractivity contribution < 1.29 is 9.90 Å². The lowest BCUT2D eigenvalue weighted by atomic mass is 9.99. The topological polar surface area (TPSA) is 83.3 Å². The first-order chi connectivity index (χ1) is 14.2. The molecular formula is C22H25N5O2. The first-order valence-corrected chi connectivity index (χ1v) is 9.90. The van der Waals surface area contributed by atoms with Crippen molar-refractivity contribution in [3.05, 3.63) is 77.7 Å². The molecule has 1 aromatic carbocycles. The minimum Gasteiger partial charge on any atom is -0.392 e. The van der Waals surface area contributed by atoms with Crippen LogP contribution in [-0.2, 0) is 13.0 Å². The lowest BCUT2D eigenvalue weighted by Gasteiger charge is -2.30. The molecule has 150 valence electrons. The molecule has 1 atom stereocenters. The minimum atomic E-state index is -0.475. The van der Waals surface area contributed by atoms with Gasteiger partial charge in [-0.2, -0.15) is 5.10 Å². The summed E-state index contributed by atoms with van der Waals surface area (Å²) in [6.45, 7) is 2.85. The van der Waals surface area contributed by atoms with Gasteiger partial charge in [-0.3, -0.25) is 9.69 Å². The number of carbonyl (C=O) groups excluding carboxylic acids is 1. The third kappa shape index (κ3) is 4.88. The number of nitrogens with one attached hydrogen (secondary N) is 1. The second-order valence-corrected chi connectivity index (χ2v) is 7.31. The Bertz CT molecular complexity index is 957. The standard InChI is InChI=1S/C22H25N5O2/c28-20(16-26-12-9-17-5-1-2-6-18(17)14-26)8-11-24-22(29)19-13-25-27(15-19)21-7-3-4-10-23-21/h1-7,10,13,15,20,28H,8-9,11-12,14,16H2,(H,24,29). The third-order valence-electron chi connectivity index (χ3n) is 5.17. The second kappa shape index (κ2) is 8.98. The number of pyridine rings is 1. The van der Waals surface area contributed by atoms with E-state index in [1.54, 1.807) is 17.1 Å². The Hall–Kier alpha value is -3.03. The Morgan fingerprint density at radius 1 is 1.17 bits per heavy atom. The lowest BCUT2D eigenvalue weighted by Crippen LogP contribution is -2.38. The van der Waals surface area contributed by atoms with Gasteiger partial charge in [0.05, 0.1) is 17.9 Å². The number of hydrogen-bond donors (Lipinski definition) is 2. The highest BCUT2D eigenvalue weighted by Crippen LogP contribution is 2.18. The number of carbonyl (C=O) groups is 1. The van der Waals surface area contributed by atoms with Gasteiger partial charge < -0.3 is 10.4 Å². The predicted octanol–water partition coefficient (Wildman–Crippen LogP) is 1.81. The highest BCUT2D eigenvalue weighted by molar-refractivity contribution is 5.93. The van der Waals surface area contributed by atoms with E-state index in [4.69, 9.17) is 0 Å². The number of β-amino-alcohol motifs (C(OH)–C–C–N with tert-alkyl or cyclic N) is 1. The van der Waals surface area contributed by atoms with Crippen LogP contribution in [0.2, 0.25) is 0 Å². The Morgan fingerprint density at radius 3 is 2.83 bits per heavy atom. The summed E-state index contributed by atoms with van der Waals surface area (Å²) in [6.07, 6.45) is 5.90. The van der Waals surface area contributed by atoms with Gasteiger partial charge in [0, 0.05) is 38.6 Å². The van der Waals surface area contributed by atoms with Crippen LogP contribution in [0.4, 0.5) is 0 Å². The van der Waals surface area contributed by atoms with E-state index < -0.39 is 6.10 Å². The largest absolute Gasteiger partial charge is 0.392 e. The molecule has 0 saturated carbocycles. The fourth-order valence-electron chi connectivity index (χ4n) is 3.61. The second-order valence-electron chi connectivity index (χ2n) is 7.31. The van der Waals surface area contributed by atoms with Crippen LogP contribution < -0.4 is 5.32 Å². The molecule has 0 radical (unpaired) electrons. The van der Waals surface area contributed by atoms with Crippen molar-refractivity contribution >= 4 is 5.91 Å². The van der Waals surface area contributed by atoms with E-state index in [1.165, 1.54) is 17.3 Å². The molecule has 1 aliphatic rings. The zero-order chi connectivity index (χ0) is 20.1. The van der Waals surface area contributed by atoms with Crippen molar-refractivity contribution in [1.82, 2.24) is 25.0 Å². The molecule has 3 aromatic rings. The molecule has 4 rings (SSSR count). The number of nitrogens with zero attached hydrogens (tertiary/aromatic N) is 4. The van der Waals surface area contributed by atoms with Gasteiger partial charge in [-0.05, 0) is 36.1 Å². The summed E-state index contributed by atoms with van der Waals surface area (Å²) in [5.41, 5.74) is 3.21. The van der Waals surface area contributed by atoms with Crippen molar-refractivity contribution in [2.24, 2.45) is 0 Å². The van der Waals surface area contributed by atoms with Crippen LogP contribution in [0.1, 0.15) is 27.9 Å². The molecule has 29 heavy (non-hydrogen) atoms. The molecule has 1 aliphatic heterocycles. The molecule has 0 saturated heterocycles. The Kier molecular flexibility index (Phi) is 5.97. The molecular weight excluding hydrogens is 366 g/mol. The van der Waals surface area contributed by atoms with Crippen LogP contribution in [0.15, 0.2) is 61.1 Å². The third-order valence-corrected chi connectivity index (χ3v) is 5.17. The van der Waals surface area contributed by atoms with E-state index in [0.717, 1.165) is 19.5 Å². The van der Waals surface area contributed by atoms with E-state index in [9.17, 15) is 9.90 Å². The molecule has 2 aromatic heterocycles. The fourth-order valence-corrected chi connectivity index (χ4v) is 3.61. The molecule has 0 fully saturated rings. The number of aliphatic hydroxyl groups excluding tert-OH is 1. The highest BCUT2D eigenvalue weighted by atomic mass is 16.3. The summed E-state index contributed by atoms with van der Waals surface area (Å²) in [7, 11) is 0. The van der Waals surface area contributed by atoms with Crippen molar-refractivity contribution in [2.75, 3.05) is 19.6 Å². The van der Waals surface area contributed by atoms with Crippen LogP contribution in [-0.4, -0.2) is 56.4 Å². The summed E-state index contributed by atoms with van der Waals surface area (Å²) in [4.78, 5) is 18.8. The first kappa shape index (κ1) is 19.3. The number of rotatable bonds is 7. The maximum Gasteiger partial charge on any atom is 0.254 e. The zero-order valence-corrected chi connectivity index (χ0v) is 16.2. The molecule has 0 aliphatic carbocycles. The molecule has 0 spiro atoms. The summed E-state index contributed by atoms with van der Waals surface area (Å²) < 4.78 is 1.57. The first-order valence-electron chi connectivity index (χ1n) is 9.90. The summed E-state index contributed by atoms with van der Waals surface area (Å²) >= 11 is 0. The maximum atomic E-state index is 12.3. The number of aliphatic hydroxyl groups is 1. The number of benzene rings is 1. The van der Waals surface area contributed by atoms with Crippen LogP contribution >= 0.6 is 0 Å². The summed E-state index contributed by atoms with van der Waals surface area (Å²) in [5, 5.41) is 17.4. The molecule has 0 bridgehead atoms. The van der Waals surface area contributed by atoms with Crippen LogP contribution in [0.3, 0.4) is 0 Å². The zero-order valence-electron chi connectivity index (χ0n) is 16.2. The maximum absolute atomic E-state index is 12.3. The number of fused-ring (bicyclic) bond motifs is 1. The molecule has 7 heteroatoms. The SMILES string of the molecule is O=C(NCCC(O)CN1CCc2ccccc2C1)c1cnn(-c2ccccn2)c1. The average molecular weight is 391 g/mol. The molecule has 2 N–H and O–H groups in total. The number of amides is 1. The van der Waals surface area contributed by atoms with Crippen LogP contribution in [0.25, 0.3) is 5.82 Å². The van der Waals surface area contributed by atoms with E-state index in [0.29, 0.717) is 30.9 Å². The van der Waals surface area contributed by atoms with Crippen molar-refractivity contribution in [1.29, 1.82) is 0 Å². The quantitative estimate of drug-likeness (QED) is 0.642. The van der Waals surface area contributed by atoms with Gasteiger partial charge in [0.2, 0.25) is 0 Å². The van der Waals surface area contributed by atoms with Crippen molar-refractivity contribution in [2.45, 2.75) is 25.5 Å². The van der Waals surface area contributed by atoms with Crippen molar-refractivity contribution in [3.63, 3.8) is 0 Å². The fraction of sp³-hybridized carbons (Fsp3) is 0.318. The highest BCUT2D eigenvalue weighted by Gasteiger charge is 2.18. The predicted molar refractivity (Wildman–Crippen MR) is 110 cm³/mol.